The van der Waals surface area contributed by atoms with Crippen molar-refractivity contribution in [1.82, 2.24) is 16.0 Å². The first-order chi connectivity index (χ1) is 14.2. The molecule has 11 N–H and O–H groups in total. The van der Waals surface area contributed by atoms with Gasteiger partial charge >= 0.3 is 5.97 Å². The van der Waals surface area contributed by atoms with E-state index in [-0.39, 0.29) is 0 Å². The molecule has 31 heavy (non-hydrogen) atoms. The molecule has 0 aliphatic rings. The highest BCUT2D eigenvalue weighted by atomic mass is 16.4. The Morgan fingerprint density at radius 3 is 1.61 bits per heavy atom. The molecule has 0 saturated heterocycles. The van der Waals surface area contributed by atoms with Crippen molar-refractivity contribution in [3.63, 3.8) is 0 Å². The number of primary amides is 2. The van der Waals surface area contributed by atoms with Crippen LogP contribution >= 0.6 is 0 Å². The molecule has 0 bridgehead atoms. The van der Waals surface area contributed by atoms with E-state index in [0.29, 0.717) is 0 Å². The Morgan fingerprint density at radius 1 is 0.774 bits per heavy atom. The lowest BCUT2D eigenvalue weighted by Crippen LogP contribution is -2.61. The summed E-state index contributed by atoms with van der Waals surface area (Å²) in [4.78, 5) is 70.2. The van der Waals surface area contributed by atoms with Crippen LogP contribution < -0.4 is 33.2 Å². The molecule has 0 aliphatic carbocycles. The van der Waals surface area contributed by atoms with E-state index in [1.807, 2.05) is 0 Å². The summed E-state index contributed by atoms with van der Waals surface area (Å²) in [6.07, 6.45) is -2.57. The number of carbonyl (C=O) groups excluding carboxylic acids is 5. The summed E-state index contributed by atoms with van der Waals surface area (Å²) in [6.45, 7) is 4.29. The molecule has 0 heterocycles. The second-order valence-corrected chi connectivity index (χ2v) is 7.30. The van der Waals surface area contributed by atoms with Gasteiger partial charge in [0, 0.05) is 0 Å². The van der Waals surface area contributed by atoms with E-state index >= 15 is 0 Å². The number of rotatable bonds is 13. The van der Waals surface area contributed by atoms with Crippen molar-refractivity contribution in [3.8, 4) is 0 Å². The van der Waals surface area contributed by atoms with Crippen LogP contribution in [0.5, 0.6) is 0 Å². The van der Waals surface area contributed by atoms with Gasteiger partial charge in [-0.25, -0.2) is 4.79 Å². The maximum Gasteiger partial charge on any atom is 0.326 e. The zero-order valence-corrected chi connectivity index (χ0v) is 17.5. The van der Waals surface area contributed by atoms with Crippen molar-refractivity contribution < 1.29 is 39.0 Å². The third-order valence-electron chi connectivity index (χ3n) is 4.09. The fourth-order valence-electron chi connectivity index (χ4n) is 2.42. The molecule has 0 aromatic heterocycles. The molecule has 5 atom stereocenters. The summed E-state index contributed by atoms with van der Waals surface area (Å²) in [5.41, 5.74) is 15.4. The number of carbonyl (C=O) groups is 6. The van der Waals surface area contributed by atoms with E-state index in [2.05, 4.69) is 16.0 Å². The monoisotopic (exact) mass is 446 g/mol. The number of carboxylic acid groups (broad SMARTS) is 1. The Balaban J connectivity index is 5.38. The van der Waals surface area contributed by atoms with Crippen molar-refractivity contribution in [2.75, 3.05) is 0 Å². The maximum atomic E-state index is 12.6. The van der Waals surface area contributed by atoms with Gasteiger partial charge in [0.1, 0.15) is 18.1 Å². The topological polar surface area (TPSA) is 257 Å². The maximum absolute atomic E-state index is 12.6. The molecule has 0 rings (SSSR count). The highest BCUT2D eigenvalue weighted by Crippen LogP contribution is 2.06. The van der Waals surface area contributed by atoms with E-state index in [4.69, 9.17) is 22.3 Å². The minimum Gasteiger partial charge on any atom is -0.480 e. The van der Waals surface area contributed by atoms with Gasteiger partial charge in [-0.05, 0) is 12.8 Å². The van der Waals surface area contributed by atoms with Crippen molar-refractivity contribution in [2.24, 2.45) is 23.1 Å². The van der Waals surface area contributed by atoms with Gasteiger partial charge in [0.25, 0.3) is 0 Å². The third-order valence-corrected chi connectivity index (χ3v) is 4.09. The van der Waals surface area contributed by atoms with Crippen LogP contribution in [0.1, 0.15) is 33.6 Å². The minimum absolute atomic E-state index is 0.493. The molecule has 0 spiro atoms. The van der Waals surface area contributed by atoms with Gasteiger partial charge in [0.15, 0.2) is 0 Å². The number of hydrogen-bond donors (Lipinski definition) is 8. The Bertz CT molecular complexity index is 711. The summed E-state index contributed by atoms with van der Waals surface area (Å²) in [5, 5.41) is 25.6. The molecule has 0 aromatic carbocycles. The third kappa shape index (κ3) is 9.86. The number of hydrogen-bond acceptors (Lipinski definition) is 8. The van der Waals surface area contributed by atoms with Crippen molar-refractivity contribution >= 4 is 35.5 Å². The molecular weight excluding hydrogens is 416 g/mol. The van der Waals surface area contributed by atoms with Crippen LogP contribution in [0.25, 0.3) is 0 Å². The van der Waals surface area contributed by atoms with Gasteiger partial charge in [-0.15, -0.1) is 0 Å². The number of nitrogens with two attached hydrogens (primary N) is 3. The van der Waals surface area contributed by atoms with Crippen LogP contribution in [0.2, 0.25) is 0 Å². The van der Waals surface area contributed by atoms with E-state index in [9.17, 15) is 33.9 Å². The lowest BCUT2D eigenvalue weighted by atomic mass is 10.0. The van der Waals surface area contributed by atoms with Gasteiger partial charge in [-0.3, -0.25) is 24.0 Å². The number of aliphatic carboxylic acids is 1. The first kappa shape index (κ1) is 27.7. The molecule has 5 unspecified atom stereocenters. The second-order valence-electron chi connectivity index (χ2n) is 7.30. The van der Waals surface area contributed by atoms with Crippen LogP contribution in [0.15, 0.2) is 0 Å². The second kappa shape index (κ2) is 12.4. The Kier molecular flexibility index (Phi) is 11.1. The van der Waals surface area contributed by atoms with E-state index in [0.717, 1.165) is 0 Å². The normalized spacial score (nSPS) is 15.7. The molecule has 14 heteroatoms. The summed E-state index contributed by atoms with van der Waals surface area (Å²) in [7, 11) is 0. The summed E-state index contributed by atoms with van der Waals surface area (Å²) < 4.78 is 0. The molecule has 0 radical (unpaired) electrons. The number of aliphatic hydroxyl groups excluding tert-OH is 1. The molecule has 14 nitrogen and oxygen atoms in total. The number of amides is 5. The molecule has 0 aliphatic heterocycles. The highest BCUT2D eigenvalue weighted by molar-refractivity contribution is 5.95. The fraction of sp³-hybridized carbons (Fsp3) is 0.647. The predicted octanol–water partition coefficient (Wildman–Crippen LogP) is -4.36. The molecule has 0 saturated carbocycles. The Morgan fingerprint density at radius 2 is 1.23 bits per heavy atom. The van der Waals surface area contributed by atoms with E-state index in [1.165, 1.54) is 6.92 Å². The summed E-state index contributed by atoms with van der Waals surface area (Å²) in [5.74, 6) is -6.67. The lowest BCUT2D eigenvalue weighted by Gasteiger charge is -2.27. The fourth-order valence-corrected chi connectivity index (χ4v) is 2.42. The van der Waals surface area contributed by atoms with Gasteiger partial charge < -0.3 is 43.4 Å². The quantitative estimate of drug-likeness (QED) is 0.136. The molecular formula is C17H30N6O8. The van der Waals surface area contributed by atoms with Gasteiger partial charge in [-0.2, -0.15) is 0 Å². The van der Waals surface area contributed by atoms with Crippen molar-refractivity contribution in [1.29, 1.82) is 0 Å². The smallest absolute Gasteiger partial charge is 0.326 e. The Hall–Kier alpha value is -3.26. The minimum atomic E-state index is -1.61. The number of aliphatic hydroxyl groups is 1. The van der Waals surface area contributed by atoms with Crippen LogP contribution in [-0.2, 0) is 28.8 Å². The summed E-state index contributed by atoms with van der Waals surface area (Å²) >= 11 is 0. The van der Waals surface area contributed by atoms with Crippen molar-refractivity contribution in [3.05, 3.63) is 0 Å². The number of nitrogens with one attached hydrogen (secondary N) is 3. The van der Waals surface area contributed by atoms with Crippen molar-refractivity contribution in [2.45, 2.75) is 63.9 Å². The molecule has 0 aromatic rings. The lowest BCUT2D eigenvalue weighted by molar-refractivity contribution is -0.144. The zero-order valence-electron chi connectivity index (χ0n) is 17.5. The first-order valence-electron chi connectivity index (χ1n) is 9.31. The zero-order chi connectivity index (χ0) is 24.5. The molecule has 0 fully saturated rings. The highest BCUT2D eigenvalue weighted by Gasteiger charge is 2.34. The van der Waals surface area contributed by atoms with E-state index < -0.39 is 84.5 Å². The SMILES string of the molecule is CC(C)C(NC(=O)C(NC(=O)C(N)CC(N)=O)C(C)O)C(=O)NC(CC(N)=O)C(=O)O. The predicted molar refractivity (Wildman–Crippen MR) is 106 cm³/mol. The largest absolute Gasteiger partial charge is 0.480 e. The van der Waals surface area contributed by atoms with Gasteiger partial charge in [0.2, 0.25) is 29.5 Å². The average Bonchev–Trinajstić information content (AvgIpc) is 2.61. The standard InChI is InChI=1S/C17H30N6O8/c1-6(2)12(15(28)21-9(17(30)31)5-11(20)26)22-16(29)13(7(3)24)23-14(27)8(18)4-10(19)25/h6-9,12-13,24H,4-5,18H2,1-3H3,(H2,19,25)(H2,20,26)(H,21,28)(H,22,29)(H,23,27)(H,30,31). The van der Waals surface area contributed by atoms with Crippen LogP contribution in [0.4, 0.5) is 0 Å². The summed E-state index contributed by atoms with van der Waals surface area (Å²) in [6, 6.07) is -5.79. The van der Waals surface area contributed by atoms with Gasteiger partial charge in [-0.1, -0.05) is 13.8 Å². The first-order valence-corrected chi connectivity index (χ1v) is 9.31. The van der Waals surface area contributed by atoms with Crippen LogP contribution in [0, 0.1) is 5.92 Å². The molecule has 176 valence electrons. The average molecular weight is 446 g/mol. The van der Waals surface area contributed by atoms with Crippen LogP contribution in [-0.4, -0.2) is 76.0 Å². The number of carboxylic acids is 1. The van der Waals surface area contributed by atoms with E-state index in [1.54, 1.807) is 13.8 Å². The van der Waals surface area contributed by atoms with Crippen LogP contribution in [0.3, 0.4) is 0 Å². The van der Waals surface area contributed by atoms with Gasteiger partial charge in [0.05, 0.1) is 25.0 Å². The molecule has 5 amide bonds. The Labute approximate surface area is 178 Å².